The lowest BCUT2D eigenvalue weighted by Gasteiger charge is -2.28. The van der Waals surface area contributed by atoms with Gasteiger partial charge in [0.05, 0.1) is 0 Å². The van der Waals surface area contributed by atoms with E-state index in [9.17, 15) is 9.59 Å². The highest BCUT2D eigenvalue weighted by Crippen LogP contribution is 2.22. The fraction of sp³-hybridized carbons (Fsp3) is 0.500. The van der Waals surface area contributed by atoms with E-state index < -0.39 is 20.5 Å². The first-order valence-electron chi connectivity index (χ1n) is 9.85. The first-order valence-corrected chi connectivity index (χ1v) is 11.8. The van der Waals surface area contributed by atoms with Crippen LogP contribution in [0.5, 0.6) is 5.75 Å². The van der Waals surface area contributed by atoms with Crippen LogP contribution >= 0.6 is 0 Å². The number of benzene rings is 1. The van der Waals surface area contributed by atoms with Gasteiger partial charge in [-0.3, -0.25) is 0 Å². The molecule has 0 saturated carbocycles. The van der Waals surface area contributed by atoms with Crippen LogP contribution in [0.1, 0.15) is 32.8 Å². The van der Waals surface area contributed by atoms with E-state index in [0.29, 0.717) is 50.2 Å². The van der Waals surface area contributed by atoms with Gasteiger partial charge >= 0.3 is 20.5 Å². The Morgan fingerprint density at radius 3 is 2.34 bits per heavy atom. The topological polar surface area (TPSA) is 96.2 Å². The maximum atomic E-state index is 12.1. The van der Waals surface area contributed by atoms with Crippen LogP contribution in [0.25, 0.3) is 11.0 Å². The van der Waals surface area contributed by atoms with Crippen molar-refractivity contribution < 1.29 is 27.2 Å². The van der Waals surface area contributed by atoms with Gasteiger partial charge in [-0.05, 0) is 51.8 Å². The highest BCUT2D eigenvalue weighted by Gasteiger charge is 2.39. The molecule has 0 spiro atoms. The molecule has 0 aliphatic rings. The Bertz CT molecular complexity index is 850. The van der Waals surface area contributed by atoms with Crippen molar-refractivity contribution in [2.75, 3.05) is 26.4 Å². The predicted octanol–water partition coefficient (Wildman–Crippen LogP) is 3.63. The van der Waals surface area contributed by atoms with Gasteiger partial charge in [-0.15, -0.1) is 0 Å². The van der Waals surface area contributed by atoms with E-state index in [2.05, 4.69) is 5.32 Å². The van der Waals surface area contributed by atoms with Crippen LogP contribution < -0.4 is 15.7 Å². The molecule has 1 amide bonds. The van der Waals surface area contributed by atoms with E-state index in [-0.39, 0.29) is 0 Å². The van der Waals surface area contributed by atoms with E-state index in [1.54, 1.807) is 12.1 Å². The molecule has 2 rings (SSSR count). The van der Waals surface area contributed by atoms with Gasteiger partial charge in [0.15, 0.2) is 0 Å². The molecule has 0 radical (unpaired) electrons. The third kappa shape index (κ3) is 6.67. The number of rotatable bonds is 11. The summed E-state index contributed by atoms with van der Waals surface area (Å²) in [5, 5.41) is 3.50. The molecule has 0 atom stereocenters. The first-order chi connectivity index (χ1) is 13.9. The predicted molar refractivity (Wildman–Crippen MR) is 111 cm³/mol. The molecule has 0 aliphatic heterocycles. The second-order valence-electron chi connectivity index (χ2n) is 6.31. The van der Waals surface area contributed by atoms with E-state index >= 15 is 0 Å². The number of hydrogen-bond donors (Lipinski definition) is 1. The summed E-state index contributed by atoms with van der Waals surface area (Å²) in [4.78, 5) is 23.6. The van der Waals surface area contributed by atoms with E-state index in [0.717, 1.165) is 10.9 Å². The number of carbonyl (C=O) groups is 1. The molecule has 0 fully saturated rings. The van der Waals surface area contributed by atoms with E-state index in [4.69, 9.17) is 22.4 Å². The van der Waals surface area contributed by atoms with Crippen molar-refractivity contribution in [2.24, 2.45) is 0 Å². The second-order valence-corrected chi connectivity index (χ2v) is 9.04. The van der Waals surface area contributed by atoms with Gasteiger partial charge in [0.1, 0.15) is 11.3 Å². The number of fused-ring (bicyclic) bond motifs is 1. The minimum atomic E-state index is -2.72. The van der Waals surface area contributed by atoms with Crippen LogP contribution in [0.4, 0.5) is 4.79 Å². The minimum Gasteiger partial charge on any atom is -0.423 e. The van der Waals surface area contributed by atoms with Gasteiger partial charge in [0.25, 0.3) is 0 Å². The summed E-state index contributed by atoms with van der Waals surface area (Å²) in [5.41, 5.74) is 0.737. The zero-order valence-electron chi connectivity index (χ0n) is 17.4. The fourth-order valence-electron chi connectivity index (χ4n) is 3.01. The molecule has 0 bridgehead atoms. The summed E-state index contributed by atoms with van der Waals surface area (Å²) in [6.07, 6.45) is 0.0449. The van der Waals surface area contributed by atoms with Crippen molar-refractivity contribution in [3.05, 3.63) is 40.2 Å². The molecule has 1 N–H and O–H groups in total. The number of amides is 1. The van der Waals surface area contributed by atoms with Crippen LogP contribution in [0.3, 0.4) is 0 Å². The van der Waals surface area contributed by atoms with Gasteiger partial charge in [-0.25, -0.2) is 9.59 Å². The van der Waals surface area contributed by atoms with Gasteiger partial charge in [0.2, 0.25) is 0 Å². The van der Waals surface area contributed by atoms with Crippen molar-refractivity contribution in [1.29, 1.82) is 0 Å². The lowest BCUT2D eigenvalue weighted by atomic mass is 10.1. The first kappa shape index (κ1) is 23.1. The Hall–Kier alpha value is -2.20. The number of ether oxygens (including phenoxy) is 1. The molecule has 0 saturated heterocycles. The highest BCUT2D eigenvalue weighted by atomic mass is 28.4. The minimum absolute atomic E-state index is 0.297. The third-order valence-corrected chi connectivity index (χ3v) is 7.31. The number of carbonyl (C=O) groups excluding carboxylic acids is 1. The summed E-state index contributed by atoms with van der Waals surface area (Å²) in [7, 11) is -2.72. The molecular weight excluding hydrogens is 394 g/mol. The Morgan fingerprint density at radius 2 is 1.72 bits per heavy atom. The summed E-state index contributed by atoms with van der Waals surface area (Å²) in [5.74, 6) is 0.297. The van der Waals surface area contributed by atoms with Crippen LogP contribution in [0.15, 0.2) is 33.5 Å². The third-order valence-electron chi connectivity index (χ3n) is 4.16. The fourth-order valence-corrected chi connectivity index (χ4v) is 5.62. The summed E-state index contributed by atoms with van der Waals surface area (Å²) in [6, 6.07) is 6.96. The Morgan fingerprint density at radius 1 is 1.07 bits per heavy atom. The highest BCUT2D eigenvalue weighted by molar-refractivity contribution is 6.60. The quantitative estimate of drug-likeness (QED) is 0.335. The van der Waals surface area contributed by atoms with E-state index in [1.807, 2.05) is 27.7 Å². The van der Waals surface area contributed by atoms with Crippen LogP contribution in [0, 0.1) is 6.92 Å². The van der Waals surface area contributed by atoms with Crippen molar-refractivity contribution in [2.45, 2.75) is 40.2 Å². The average Bonchev–Trinajstić information content (AvgIpc) is 2.65. The van der Waals surface area contributed by atoms with Crippen molar-refractivity contribution in [1.82, 2.24) is 5.32 Å². The number of hydrogen-bond acceptors (Lipinski definition) is 7. The Balaban J connectivity index is 1.89. The maximum absolute atomic E-state index is 12.1. The lowest BCUT2D eigenvalue weighted by molar-refractivity contribution is 0.0708. The molecule has 160 valence electrons. The van der Waals surface area contributed by atoms with Crippen molar-refractivity contribution >= 4 is 25.9 Å². The SMILES string of the molecule is CCO[Si](CCCNC(=O)Oc1ccc2c(C)cc(=O)oc2c1)(OCC)OCC. The number of aryl methyl sites for hydroxylation is 1. The average molecular weight is 424 g/mol. The smallest absolute Gasteiger partial charge is 0.423 e. The zero-order chi connectivity index (χ0) is 21.3. The Kier molecular flexibility index (Phi) is 8.84. The lowest BCUT2D eigenvalue weighted by Crippen LogP contribution is -2.46. The van der Waals surface area contributed by atoms with Crippen molar-refractivity contribution in [3.8, 4) is 5.75 Å². The zero-order valence-corrected chi connectivity index (χ0v) is 18.4. The molecule has 29 heavy (non-hydrogen) atoms. The molecular formula is C20H29NO7Si. The summed E-state index contributed by atoms with van der Waals surface area (Å²) in [6.45, 7) is 9.47. The molecule has 0 aliphatic carbocycles. The van der Waals surface area contributed by atoms with Crippen molar-refractivity contribution in [3.63, 3.8) is 0 Å². The molecule has 1 aromatic heterocycles. The Labute approximate surface area is 171 Å². The standard InChI is InChI=1S/C20H29NO7Si/c1-5-24-29(25-6-2,26-7-3)12-8-11-21-20(23)27-16-9-10-17-15(4)13-19(22)28-18(17)14-16/h9-10,13-14H,5-8,11-12H2,1-4H3,(H,21,23). The van der Waals surface area contributed by atoms with Gasteiger partial charge in [-0.2, -0.15) is 0 Å². The van der Waals surface area contributed by atoms with Crippen LogP contribution in [-0.2, 0) is 13.3 Å². The number of nitrogens with one attached hydrogen (secondary N) is 1. The van der Waals surface area contributed by atoms with Gasteiger partial charge in [-0.1, -0.05) is 0 Å². The van der Waals surface area contributed by atoms with Crippen LogP contribution in [0.2, 0.25) is 6.04 Å². The molecule has 0 unspecified atom stereocenters. The largest absolute Gasteiger partial charge is 0.500 e. The molecule has 2 aromatic rings. The monoisotopic (exact) mass is 423 g/mol. The summed E-state index contributed by atoms with van der Waals surface area (Å²) < 4.78 is 27.8. The second kappa shape index (κ2) is 11.1. The molecule has 1 heterocycles. The van der Waals surface area contributed by atoms with Gasteiger partial charge < -0.3 is 27.7 Å². The molecule has 8 nitrogen and oxygen atoms in total. The molecule has 1 aromatic carbocycles. The summed E-state index contributed by atoms with van der Waals surface area (Å²) >= 11 is 0. The normalized spacial score (nSPS) is 11.6. The van der Waals surface area contributed by atoms with Crippen LogP contribution in [-0.4, -0.2) is 41.3 Å². The maximum Gasteiger partial charge on any atom is 0.500 e. The molecule has 9 heteroatoms. The van der Waals surface area contributed by atoms with E-state index in [1.165, 1.54) is 12.1 Å². The van der Waals surface area contributed by atoms with Gasteiger partial charge in [0, 0.05) is 49.9 Å².